The molecule has 0 aromatic carbocycles. The van der Waals surface area contributed by atoms with Crippen LogP contribution in [0.25, 0.3) is 0 Å². The van der Waals surface area contributed by atoms with Gasteiger partial charge in [0.2, 0.25) is 0 Å². The van der Waals surface area contributed by atoms with Crippen LogP contribution in [0.1, 0.15) is 55.5 Å². The summed E-state index contributed by atoms with van der Waals surface area (Å²) >= 11 is 1.83. The Labute approximate surface area is 114 Å². The highest BCUT2D eigenvalue weighted by molar-refractivity contribution is 7.11. The van der Waals surface area contributed by atoms with Crippen molar-refractivity contribution in [3.05, 3.63) is 10.0 Å². The van der Waals surface area contributed by atoms with Crippen molar-refractivity contribution in [2.24, 2.45) is 5.92 Å². The number of aromatic nitrogens is 2. The lowest BCUT2D eigenvalue weighted by Gasteiger charge is -2.03. The van der Waals surface area contributed by atoms with Crippen LogP contribution in [0.4, 0.5) is 0 Å². The zero-order valence-corrected chi connectivity index (χ0v) is 12.3. The van der Waals surface area contributed by atoms with E-state index in [1.807, 2.05) is 11.3 Å². The van der Waals surface area contributed by atoms with E-state index < -0.39 is 0 Å². The molecule has 0 unspecified atom stereocenters. The van der Waals surface area contributed by atoms with E-state index in [0.717, 1.165) is 25.4 Å². The molecule has 0 radical (unpaired) electrons. The maximum absolute atomic E-state index is 4.34. The van der Waals surface area contributed by atoms with Crippen LogP contribution in [-0.4, -0.2) is 23.3 Å². The maximum Gasteiger partial charge on any atom is 0.117 e. The van der Waals surface area contributed by atoms with Gasteiger partial charge in [0, 0.05) is 12.8 Å². The molecule has 0 amide bonds. The number of aryl methyl sites for hydroxylation is 1. The van der Waals surface area contributed by atoms with Gasteiger partial charge in [-0.3, -0.25) is 0 Å². The molecule has 1 aliphatic carbocycles. The van der Waals surface area contributed by atoms with Crippen LogP contribution in [0.15, 0.2) is 0 Å². The molecule has 102 valence electrons. The van der Waals surface area contributed by atoms with Crippen LogP contribution in [-0.2, 0) is 12.8 Å². The second-order valence-electron chi connectivity index (χ2n) is 5.30. The summed E-state index contributed by atoms with van der Waals surface area (Å²) in [6.45, 7) is 4.43. The van der Waals surface area contributed by atoms with Gasteiger partial charge in [0.1, 0.15) is 10.0 Å². The zero-order chi connectivity index (χ0) is 12.6. The van der Waals surface area contributed by atoms with Gasteiger partial charge in [-0.25, -0.2) is 0 Å². The Balaban J connectivity index is 1.65. The first-order chi connectivity index (χ1) is 8.88. The molecular formula is C14H25N3S. The lowest BCUT2D eigenvalue weighted by molar-refractivity contribution is 0.542. The second-order valence-corrected chi connectivity index (χ2v) is 6.44. The Morgan fingerprint density at radius 3 is 2.72 bits per heavy atom. The number of rotatable bonds is 8. The summed E-state index contributed by atoms with van der Waals surface area (Å²) in [5, 5.41) is 14.6. The summed E-state index contributed by atoms with van der Waals surface area (Å²) in [4.78, 5) is 0. The fourth-order valence-corrected chi connectivity index (χ4v) is 3.60. The first-order valence-corrected chi connectivity index (χ1v) is 8.22. The Kier molecular flexibility index (Phi) is 6.08. The van der Waals surface area contributed by atoms with Crippen LogP contribution in [0.5, 0.6) is 0 Å². The third-order valence-corrected chi connectivity index (χ3v) is 4.62. The Morgan fingerprint density at radius 2 is 1.94 bits per heavy atom. The van der Waals surface area contributed by atoms with E-state index in [0.29, 0.717) is 0 Å². The van der Waals surface area contributed by atoms with Gasteiger partial charge in [0.05, 0.1) is 0 Å². The maximum atomic E-state index is 4.34. The van der Waals surface area contributed by atoms with Crippen LogP contribution in [0.2, 0.25) is 0 Å². The minimum Gasteiger partial charge on any atom is -0.317 e. The molecule has 4 heteroatoms. The highest BCUT2D eigenvalue weighted by Crippen LogP contribution is 2.28. The van der Waals surface area contributed by atoms with Crippen LogP contribution in [0, 0.1) is 5.92 Å². The van der Waals surface area contributed by atoms with Crippen molar-refractivity contribution in [3.8, 4) is 0 Å². The summed E-state index contributed by atoms with van der Waals surface area (Å²) < 4.78 is 0. The first-order valence-electron chi connectivity index (χ1n) is 7.40. The largest absolute Gasteiger partial charge is 0.317 e. The van der Waals surface area contributed by atoms with Gasteiger partial charge in [0.25, 0.3) is 0 Å². The molecule has 1 N–H and O–H groups in total. The quantitative estimate of drug-likeness (QED) is 0.735. The van der Waals surface area contributed by atoms with Crippen LogP contribution >= 0.6 is 11.3 Å². The van der Waals surface area contributed by atoms with Crippen molar-refractivity contribution in [1.29, 1.82) is 0 Å². The smallest absolute Gasteiger partial charge is 0.117 e. The molecule has 2 rings (SSSR count). The lowest BCUT2D eigenvalue weighted by Crippen LogP contribution is -2.16. The molecule has 1 heterocycles. The van der Waals surface area contributed by atoms with Gasteiger partial charge in [-0.15, -0.1) is 21.5 Å². The molecule has 0 saturated heterocycles. The minimum atomic E-state index is 0.886. The van der Waals surface area contributed by atoms with E-state index in [-0.39, 0.29) is 0 Å². The second kappa shape index (κ2) is 7.85. The van der Waals surface area contributed by atoms with E-state index in [2.05, 4.69) is 22.4 Å². The number of hydrogen-bond donors (Lipinski definition) is 1. The molecule has 1 aliphatic rings. The molecule has 1 aromatic heterocycles. The third kappa shape index (κ3) is 4.65. The van der Waals surface area contributed by atoms with E-state index in [1.54, 1.807) is 0 Å². The predicted octanol–water partition coefficient (Wildman–Crippen LogP) is 3.20. The Bertz CT molecular complexity index is 332. The molecule has 1 fully saturated rings. The average Bonchev–Trinajstić information content (AvgIpc) is 3.02. The monoisotopic (exact) mass is 267 g/mol. The minimum absolute atomic E-state index is 0.886. The van der Waals surface area contributed by atoms with Crippen molar-refractivity contribution in [2.75, 3.05) is 13.1 Å². The van der Waals surface area contributed by atoms with Crippen LogP contribution in [0.3, 0.4) is 0 Å². The highest BCUT2D eigenvalue weighted by atomic mass is 32.1. The topological polar surface area (TPSA) is 37.8 Å². The number of nitrogens with one attached hydrogen (secondary N) is 1. The molecule has 0 atom stereocenters. The van der Waals surface area contributed by atoms with Gasteiger partial charge < -0.3 is 5.32 Å². The molecule has 3 nitrogen and oxygen atoms in total. The average molecular weight is 267 g/mol. The van der Waals surface area contributed by atoms with Crippen molar-refractivity contribution in [3.63, 3.8) is 0 Å². The Morgan fingerprint density at radius 1 is 1.17 bits per heavy atom. The van der Waals surface area contributed by atoms with E-state index in [9.17, 15) is 0 Å². The molecule has 0 bridgehead atoms. The summed E-state index contributed by atoms with van der Waals surface area (Å²) in [5.74, 6) is 0.886. The molecule has 0 spiro atoms. The summed E-state index contributed by atoms with van der Waals surface area (Å²) in [6, 6.07) is 0. The van der Waals surface area contributed by atoms with Gasteiger partial charge in [-0.1, -0.05) is 32.6 Å². The predicted molar refractivity (Wildman–Crippen MR) is 77.1 cm³/mol. The van der Waals surface area contributed by atoms with Gasteiger partial charge >= 0.3 is 0 Å². The molecule has 0 aliphatic heterocycles. The SMILES string of the molecule is CCCNCCCc1nnc(CC2CCCC2)s1. The van der Waals surface area contributed by atoms with E-state index in [4.69, 9.17) is 0 Å². The van der Waals surface area contributed by atoms with E-state index in [1.165, 1.54) is 55.0 Å². The molecule has 1 aromatic rings. The van der Waals surface area contributed by atoms with Crippen molar-refractivity contribution in [2.45, 2.75) is 58.3 Å². The lowest BCUT2D eigenvalue weighted by atomic mass is 10.1. The third-order valence-electron chi connectivity index (χ3n) is 3.62. The van der Waals surface area contributed by atoms with Crippen molar-refractivity contribution >= 4 is 11.3 Å². The summed E-state index contributed by atoms with van der Waals surface area (Å²) in [5.41, 5.74) is 0. The highest BCUT2D eigenvalue weighted by Gasteiger charge is 2.17. The zero-order valence-electron chi connectivity index (χ0n) is 11.5. The molecular weight excluding hydrogens is 242 g/mol. The van der Waals surface area contributed by atoms with Gasteiger partial charge in [0.15, 0.2) is 0 Å². The first kappa shape index (κ1) is 13.9. The fraction of sp³-hybridized carbons (Fsp3) is 0.857. The van der Waals surface area contributed by atoms with Crippen molar-refractivity contribution < 1.29 is 0 Å². The number of hydrogen-bond acceptors (Lipinski definition) is 4. The molecule has 18 heavy (non-hydrogen) atoms. The molecule has 1 saturated carbocycles. The van der Waals surface area contributed by atoms with Gasteiger partial charge in [-0.05, 0) is 31.8 Å². The standard InChI is InChI=1S/C14H25N3S/c1-2-9-15-10-5-8-13-16-17-14(18-13)11-12-6-3-4-7-12/h12,15H,2-11H2,1H3. The number of nitrogens with zero attached hydrogens (tertiary/aromatic N) is 2. The fourth-order valence-electron chi connectivity index (χ4n) is 2.60. The summed E-state index contributed by atoms with van der Waals surface area (Å²) in [7, 11) is 0. The van der Waals surface area contributed by atoms with Gasteiger partial charge in [-0.2, -0.15) is 0 Å². The normalized spacial score (nSPS) is 16.5. The van der Waals surface area contributed by atoms with E-state index >= 15 is 0 Å². The Hall–Kier alpha value is -0.480. The van der Waals surface area contributed by atoms with Crippen molar-refractivity contribution in [1.82, 2.24) is 15.5 Å². The summed E-state index contributed by atoms with van der Waals surface area (Å²) in [6.07, 6.45) is 10.3. The van der Waals surface area contributed by atoms with Crippen LogP contribution < -0.4 is 5.32 Å².